The van der Waals surface area contributed by atoms with Gasteiger partial charge in [-0.25, -0.2) is 4.98 Å². The molecule has 1 aliphatic rings. The van der Waals surface area contributed by atoms with Crippen LogP contribution in [-0.2, 0) is 22.4 Å². The highest BCUT2D eigenvalue weighted by Gasteiger charge is 2.23. The zero-order chi connectivity index (χ0) is 14.4. The van der Waals surface area contributed by atoms with Crippen molar-refractivity contribution in [3.63, 3.8) is 0 Å². The molecule has 0 aliphatic carbocycles. The van der Waals surface area contributed by atoms with E-state index in [4.69, 9.17) is 14.5 Å². The van der Waals surface area contributed by atoms with E-state index < -0.39 is 0 Å². The number of hydrogen-bond donors (Lipinski definition) is 1. The monoisotopic (exact) mass is 299 g/mol. The van der Waals surface area contributed by atoms with Crippen LogP contribution in [0.2, 0.25) is 0 Å². The van der Waals surface area contributed by atoms with Crippen molar-refractivity contribution in [2.75, 3.05) is 45.4 Å². The molecule has 0 amide bonds. The van der Waals surface area contributed by atoms with Gasteiger partial charge in [0.2, 0.25) is 0 Å². The molecule has 1 fully saturated rings. The SMILES string of the molecule is CCc1nc(N(C)C2CCOC2)sc1CNCCOC. The normalized spacial score (nSPS) is 18.6. The molecule has 1 unspecified atom stereocenters. The Kier molecular flexibility index (Phi) is 6.22. The molecular weight excluding hydrogens is 274 g/mol. The molecule has 0 bridgehead atoms. The summed E-state index contributed by atoms with van der Waals surface area (Å²) in [4.78, 5) is 8.40. The lowest BCUT2D eigenvalue weighted by atomic mass is 10.2. The molecule has 0 saturated carbocycles. The zero-order valence-corrected chi connectivity index (χ0v) is 13.5. The fourth-order valence-electron chi connectivity index (χ4n) is 2.29. The van der Waals surface area contributed by atoms with Crippen LogP contribution in [0.5, 0.6) is 0 Å². The van der Waals surface area contributed by atoms with Crippen LogP contribution < -0.4 is 10.2 Å². The van der Waals surface area contributed by atoms with Crippen molar-refractivity contribution in [2.24, 2.45) is 0 Å². The molecule has 0 aromatic carbocycles. The fraction of sp³-hybridized carbons (Fsp3) is 0.786. The average molecular weight is 299 g/mol. The number of nitrogens with one attached hydrogen (secondary N) is 1. The lowest BCUT2D eigenvalue weighted by Gasteiger charge is -2.21. The van der Waals surface area contributed by atoms with Crippen LogP contribution in [0, 0.1) is 0 Å². The highest BCUT2D eigenvalue weighted by Crippen LogP contribution is 2.28. The van der Waals surface area contributed by atoms with E-state index >= 15 is 0 Å². The molecule has 2 rings (SSSR count). The summed E-state index contributed by atoms with van der Waals surface area (Å²) in [6, 6.07) is 0.472. The van der Waals surface area contributed by atoms with Gasteiger partial charge in [0, 0.05) is 38.7 Å². The summed E-state index contributed by atoms with van der Waals surface area (Å²) in [6.45, 7) is 6.34. The minimum absolute atomic E-state index is 0.472. The minimum atomic E-state index is 0.472. The molecule has 1 atom stereocenters. The third-order valence-corrected chi connectivity index (χ3v) is 4.81. The molecule has 1 aromatic heterocycles. The molecule has 0 radical (unpaired) electrons. The third-order valence-electron chi connectivity index (χ3n) is 3.63. The summed E-state index contributed by atoms with van der Waals surface area (Å²) in [5, 5.41) is 4.51. The maximum Gasteiger partial charge on any atom is 0.185 e. The first-order chi connectivity index (χ1) is 9.76. The Labute approximate surface area is 125 Å². The number of methoxy groups -OCH3 is 1. The Morgan fingerprint density at radius 2 is 2.40 bits per heavy atom. The van der Waals surface area contributed by atoms with Gasteiger partial charge in [0.25, 0.3) is 0 Å². The predicted molar refractivity (Wildman–Crippen MR) is 82.7 cm³/mol. The van der Waals surface area contributed by atoms with Gasteiger partial charge in [-0.3, -0.25) is 0 Å². The van der Waals surface area contributed by atoms with E-state index in [1.54, 1.807) is 18.4 Å². The number of aromatic nitrogens is 1. The molecule has 20 heavy (non-hydrogen) atoms. The van der Waals surface area contributed by atoms with Crippen molar-refractivity contribution in [2.45, 2.75) is 32.4 Å². The van der Waals surface area contributed by atoms with Gasteiger partial charge in [-0.05, 0) is 12.8 Å². The summed E-state index contributed by atoms with van der Waals surface area (Å²) in [6.07, 6.45) is 2.08. The molecule has 114 valence electrons. The standard InChI is InChI=1S/C14H25N3O2S/c1-4-12-13(9-15-6-8-18-3)20-14(16-12)17(2)11-5-7-19-10-11/h11,15H,4-10H2,1-3H3. The fourth-order valence-corrected chi connectivity index (χ4v) is 3.45. The van der Waals surface area contributed by atoms with Crippen molar-refractivity contribution >= 4 is 16.5 Å². The zero-order valence-electron chi connectivity index (χ0n) is 12.6. The maximum absolute atomic E-state index is 5.46. The lowest BCUT2D eigenvalue weighted by Crippen LogP contribution is -2.31. The molecule has 1 saturated heterocycles. The number of hydrogen-bond acceptors (Lipinski definition) is 6. The number of rotatable bonds is 8. The lowest BCUT2D eigenvalue weighted by molar-refractivity contribution is 0.193. The van der Waals surface area contributed by atoms with Crippen LogP contribution in [0.25, 0.3) is 0 Å². The summed E-state index contributed by atoms with van der Waals surface area (Å²) in [5.41, 5.74) is 1.21. The van der Waals surface area contributed by atoms with Gasteiger partial charge in [0.15, 0.2) is 5.13 Å². The minimum Gasteiger partial charge on any atom is -0.383 e. The van der Waals surface area contributed by atoms with Crippen LogP contribution in [-0.4, -0.2) is 51.5 Å². The largest absolute Gasteiger partial charge is 0.383 e. The van der Waals surface area contributed by atoms with E-state index in [2.05, 4.69) is 24.2 Å². The van der Waals surface area contributed by atoms with Gasteiger partial charge in [0.1, 0.15) is 0 Å². The molecule has 2 heterocycles. The van der Waals surface area contributed by atoms with Crippen molar-refractivity contribution in [1.29, 1.82) is 0 Å². The molecule has 1 aromatic rings. The van der Waals surface area contributed by atoms with Gasteiger partial charge in [-0.1, -0.05) is 6.92 Å². The summed E-state index contributed by atoms with van der Waals surface area (Å²) < 4.78 is 10.5. The first-order valence-electron chi connectivity index (χ1n) is 7.25. The number of aryl methyl sites for hydroxylation is 1. The summed E-state index contributed by atoms with van der Waals surface area (Å²) in [7, 11) is 3.85. The number of thiazole rings is 1. The van der Waals surface area contributed by atoms with E-state index in [0.29, 0.717) is 6.04 Å². The maximum atomic E-state index is 5.46. The molecule has 1 aliphatic heterocycles. The van der Waals surface area contributed by atoms with E-state index in [1.165, 1.54) is 10.6 Å². The highest BCUT2D eigenvalue weighted by molar-refractivity contribution is 7.15. The van der Waals surface area contributed by atoms with Crippen molar-refractivity contribution in [1.82, 2.24) is 10.3 Å². The molecule has 0 spiro atoms. The second-order valence-corrected chi connectivity index (χ2v) is 6.08. The van der Waals surface area contributed by atoms with Crippen molar-refractivity contribution < 1.29 is 9.47 Å². The van der Waals surface area contributed by atoms with Crippen LogP contribution >= 0.6 is 11.3 Å². The third kappa shape index (κ3) is 3.91. The Hall–Kier alpha value is -0.690. The Morgan fingerprint density at radius 1 is 1.55 bits per heavy atom. The van der Waals surface area contributed by atoms with Gasteiger partial charge >= 0.3 is 0 Å². The average Bonchev–Trinajstić information content (AvgIpc) is 3.12. The molecule has 6 heteroatoms. The van der Waals surface area contributed by atoms with E-state index in [9.17, 15) is 0 Å². The Balaban J connectivity index is 1.97. The Morgan fingerprint density at radius 3 is 3.05 bits per heavy atom. The highest BCUT2D eigenvalue weighted by atomic mass is 32.1. The van der Waals surface area contributed by atoms with E-state index in [0.717, 1.165) is 50.9 Å². The molecule has 1 N–H and O–H groups in total. The van der Waals surface area contributed by atoms with E-state index in [-0.39, 0.29) is 0 Å². The first kappa shape index (κ1) is 15.7. The van der Waals surface area contributed by atoms with Crippen LogP contribution in [0.1, 0.15) is 23.9 Å². The van der Waals surface area contributed by atoms with E-state index in [1.807, 2.05) is 0 Å². The number of anilines is 1. The van der Waals surface area contributed by atoms with Crippen LogP contribution in [0.4, 0.5) is 5.13 Å². The topological polar surface area (TPSA) is 46.6 Å². The summed E-state index contributed by atoms with van der Waals surface area (Å²) in [5.74, 6) is 0. The second-order valence-electron chi connectivity index (χ2n) is 5.02. The first-order valence-corrected chi connectivity index (χ1v) is 8.06. The predicted octanol–water partition coefficient (Wildman–Crippen LogP) is 1.67. The quantitative estimate of drug-likeness (QED) is 0.740. The number of ether oxygens (including phenoxy) is 2. The Bertz CT molecular complexity index is 405. The summed E-state index contributed by atoms with van der Waals surface area (Å²) >= 11 is 1.79. The van der Waals surface area contributed by atoms with Crippen molar-refractivity contribution in [3.8, 4) is 0 Å². The number of nitrogens with zero attached hydrogens (tertiary/aromatic N) is 2. The second kappa shape index (κ2) is 7.93. The van der Waals surface area contributed by atoms with Gasteiger partial charge in [-0.15, -0.1) is 11.3 Å². The van der Waals surface area contributed by atoms with Crippen LogP contribution in [0.3, 0.4) is 0 Å². The van der Waals surface area contributed by atoms with Gasteiger partial charge < -0.3 is 19.7 Å². The van der Waals surface area contributed by atoms with Crippen molar-refractivity contribution in [3.05, 3.63) is 10.6 Å². The smallest absolute Gasteiger partial charge is 0.185 e. The van der Waals surface area contributed by atoms with Gasteiger partial charge in [0.05, 0.1) is 24.9 Å². The number of likely N-dealkylation sites (N-methyl/N-ethyl adjacent to an activating group) is 1. The van der Waals surface area contributed by atoms with Gasteiger partial charge in [-0.2, -0.15) is 0 Å². The van der Waals surface area contributed by atoms with Crippen LogP contribution in [0.15, 0.2) is 0 Å². The molecule has 5 nitrogen and oxygen atoms in total. The molecular formula is C14H25N3O2S.